The van der Waals surface area contributed by atoms with Gasteiger partial charge in [0.15, 0.2) is 0 Å². The molecule has 102 valence electrons. The molecule has 0 saturated carbocycles. The Hall–Kier alpha value is -2.20. The zero-order valence-corrected chi connectivity index (χ0v) is 10.5. The lowest BCUT2D eigenvalue weighted by Crippen LogP contribution is -2.02. The summed E-state index contributed by atoms with van der Waals surface area (Å²) in [5, 5.41) is 10.7. The summed E-state index contributed by atoms with van der Waals surface area (Å²) in [5.74, 6) is -0.434. The van der Waals surface area contributed by atoms with Crippen molar-refractivity contribution >= 4 is 11.0 Å². The van der Waals surface area contributed by atoms with Crippen LogP contribution in [0.2, 0.25) is 0 Å². The first kappa shape index (κ1) is 12.8. The molecule has 0 aliphatic carbocycles. The van der Waals surface area contributed by atoms with E-state index in [9.17, 15) is 13.9 Å². The second-order valence-electron chi connectivity index (χ2n) is 4.64. The highest BCUT2D eigenvalue weighted by Crippen LogP contribution is 2.27. The summed E-state index contributed by atoms with van der Waals surface area (Å²) in [7, 11) is 0. The molecule has 0 fully saturated rings. The van der Waals surface area contributed by atoms with Gasteiger partial charge in [-0.3, -0.25) is 0 Å². The summed E-state index contributed by atoms with van der Waals surface area (Å²) in [6.45, 7) is 0. The van der Waals surface area contributed by atoms with Crippen molar-refractivity contribution in [3.63, 3.8) is 0 Å². The summed E-state index contributed by atoms with van der Waals surface area (Å²) in [5.41, 5.74) is 0.903. The Kier molecular flexibility index (Phi) is 3.24. The van der Waals surface area contributed by atoms with Gasteiger partial charge in [-0.1, -0.05) is 18.2 Å². The van der Waals surface area contributed by atoms with Gasteiger partial charge in [0.25, 0.3) is 0 Å². The van der Waals surface area contributed by atoms with Crippen molar-refractivity contribution in [2.75, 3.05) is 0 Å². The fourth-order valence-electron chi connectivity index (χ4n) is 2.17. The van der Waals surface area contributed by atoms with Gasteiger partial charge in [-0.15, -0.1) is 0 Å². The van der Waals surface area contributed by atoms with Gasteiger partial charge in [-0.2, -0.15) is 0 Å². The third-order valence-electron chi connectivity index (χ3n) is 3.20. The molecule has 3 rings (SSSR count). The molecule has 0 aliphatic rings. The summed E-state index contributed by atoms with van der Waals surface area (Å²) in [4.78, 5) is 0. The molecule has 1 unspecified atom stereocenters. The van der Waals surface area contributed by atoms with Gasteiger partial charge in [0.05, 0.1) is 0 Å². The number of fused-ring (bicyclic) bond motifs is 1. The second kappa shape index (κ2) is 5.06. The summed E-state index contributed by atoms with van der Waals surface area (Å²) in [6.07, 6.45) is -0.864. The van der Waals surface area contributed by atoms with E-state index in [0.29, 0.717) is 22.3 Å². The molecule has 0 bridgehead atoms. The second-order valence-corrected chi connectivity index (χ2v) is 4.64. The van der Waals surface area contributed by atoms with Crippen molar-refractivity contribution in [2.24, 2.45) is 0 Å². The number of hydrogen-bond donors (Lipinski definition) is 1. The van der Waals surface area contributed by atoms with Gasteiger partial charge in [0, 0.05) is 11.8 Å². The molecule has 1 atom stereocenters. The number of furan rings is 1. The lowest BCUT2D eigenvalue weighted by molar-refractivity contribution is 0.151. The van der Waals surface area contributed by atoms with Crippen molar-refractivity contribution in [1.29, 1.82) is 0 Å². The molecule has 20 heavy (non-hydrogen) atoms. The van der Waals surface area contributed by atoms with E-state index in [1.165, 1.54) is 24.3 Å². The van der Waals surface area contributed by atoms with Crippen LogP contribution in [-0.2, 0) is 6.42 Å². The Labute approximate surface area is 114 Å². The monoisotopic (exact) mass is 274 g/mol. The first-order valence-electron chi connectivity index (χ1n) is 6.24. The number of rotatable bonds is 3. The number of halogens is 2. The van der Waals surface area contributed by atoms with Crippen LogP contribution in [0.5, 0.6) is 0 Å². The molecule has 2 nitrogen and oxygen atoms in total. The van der Waals surface area contributed by atoms with Crippen molar-refractivity contribution in [2.45, 2.75) is 12.5 Å². The van der Waals surface area contributed by atoms with Crippen molar-refractivity contribution in [3.05, 3.63) is 71.5 Å². The van der Waals surface area contributed by atoms with Gasteiger partial charge >= 0.3 is 0 Å². The maximum Gasteiger partial charge on any atom is 0.134 e. The highest BCUT2D eigenvalue weighted by Gasteiger charge is 2.16. The first-order valence-corrected chi connectivity index (χ1v) is 6.24. The summed E-state index contributed by atoms with van der Waals surface area (Å²) < 4.78 is 32.1. The molecule has 0 amide bonds. The SMILES string of the molecule is OC(Cc1ccccc1F)c1cc2cc(F)ccc2o1. The normalized spacial score (nSPS) is 12.8. The Morgan fingerprint density at radius 3 is 2.65 bits per heavy atom. The lowest BCUT2D eigenvalue weighted by atomic mass is 10.1. The average Bonchev–Trinajstić information content (AvgIpc) is 2.84. The first-order chi connectivity index (χ1) is 9.63. The Morgan fingerprint density at radius 2 is 1.85 bits per heavy atom. The minimum Gasteiger partial charge on any atom is -0.458 e. The molecular formula is C16H12F2O2. The summed E-state index contributed by atoms with van der Waals surface area (Å²) in [6, 6.07) is 12.0. The molecular weight excluding hydrogens is 262 g/mol. The largest absolute Gasteiger partial charge is 0.458 e. The number of benzene rings is 2. The van der Waals surface area contributed by atoms with E-state index in [2.05, 4.69) is 0 Å². The molecule has 0 radical (unpaired) electrons. The van der Waals surface area contributed by atoms with Crippen LogP contribution in [0.1, 0.15) is 17.4 Å². The van der Waals surface area contributed by atoms with E-state index < -0.39 is 6.10 Å². The van der Waals surface area contributed by atoms with Crippen molar-refractivity contribution in [3.8, 4) is 0 Å². The van der Waals surface area contributed by atoms with Crippen LogP contribution in [0.15, 0.2) is 52.9 Å². The fourth-order valence-corrected chi connectivity index (χ4v) is 2.17. The average molecular weight is 274 g/mol. The van der Waals surface area contributed by atoms with Gasteiger partial charge in [-0.25, -0.2) is 8.78 Å². The van der Waals surface area contributed by atoms with E-state index >= 15 is 0 Å². The molecule has 2 aromatic carbocycles. The Morgan fingerprint density at radius 1 is 1.05 bits per heavy atom. The van der Waals surface area contributed by atoms with Gasteiger partial charge in [0.2, 0.25) is 0 Å². The molecule has 4 heteroatoms. The third-order valence-corrected chi connectivity index (χ3v) is 3.20. The van der Waals surface area contributed by atoms with Crippen molar-refractivity contribution < 1.29 is 18.3 Å². The van der Waals surface area contributed by atoms with Crippen LogP contribution in [0.3, 0.4) is 0 Å². The molecule has 0 aliphatic heterocycles. The molecule has 3 aromatic rings. The van der Waals surface area contributed by atoms with E-state index in [-0.39, 0.29) is 18.1 Å². The smallest absolute Gasteiger partial charge is 0.134 e. The predicted octanol–water partition coefficient (Wildman–Crippen LogP) is 3.99. The maximum absolute atomic E-state index is 13.5. The fraction of sp³-hybridized carbons (Fsp3) is 0.125. The highest BCUT2D eigenvalue weighted by molar-refractivity contribution is 5.77. The minimum atomic E-state index is -0.970. The van der Waals surface area contributed by atoms with E-state index in [1.54, 1.807) is 24.3 Å². The molecule has 0 saturated heterocycles. The van der Waals surface area contributed by atoms with Crippen LogP contribution >= 0.6 is 0 Å². The minimum absolute atomic E-state index is 0.106. The zero-order chi connectivity index (χ0) is 14.1. The van der Waals surface area contributed by atoms with E-state index in [4.69, 9.17) is 4.42 Å². The summed E-state index contributed by atoms with van der Waals surface area (Å²) >= 11 is 0. The van der Waals surface area contributed by atoms with Crippen LogP contribution in [-0.4, -0.2) is 5.11 Å². The third kappa shape index (κ3) is 2.42. The van der Waals surface area contributed by atoms with Gasteiger partial charge < -0.3 is 9.52 Å². The van der Waals surface area contributed by atoms with Gasteiger partial charge in [0.1, 0.15) is 29.1 Å². The quantitative estimate of drug-likeness (QED) is 0.783. The standard InChI is InChI=1S/C16H12F2O2/c17-12-5-6-15-11(7-12)9-16(20-15)14(19)8-10-3-1-2-4-13(10)18/h1-7,9,14,19H,8H2. The number of aliphatic hydroxyl groups excluding tert-OH is 1. The number of aliphatic hydroxyl groups is 1. The number of hydrogen-bond acceptors (Lipinski definition) is 2. The Balaban J connectivity index is 1.89. The Bertz CT molecular complexity index is 749. The molecule has 1 aromatic heterocycles. The van der Waals surface area contributed by atoms with Gasteiger partial charge in [-0.05, 0) is 35.9 Å². The van der Waals surface area contributed by atoms with Crippen LogP contribution in [0, 0.1) is 11.6 Å². The predicted molar refractivity (Wildman–Crippen MR) is 71.2 cm³/mol. The highest BCUT2D eigenvalue weighted by atomic mass is 19.1. The van der Waals surface area contributed by atoms with Crippen LogP contribution in [0.25, 0.3) is 11.0 Å². The molecule has 1 heterocycles. The van der Waals surface area contributed by atoms with Crippen molar-refractivity contribution in [1.82, 2.24) is 0 Å². The van der Waals surface area contributed by atoms with Crippen LogP contribution in [0.4, 0.5) is 8.78 Å². The van der Waals surface area contributed by atoms with E-state index in [0.717, 1.165) is 0 Å². The lowest BCUT2D eigenvalue weighted by Gasteiger charge is -2.08. The van der Waals surface area contributed by atoms with E-state index in [1.807, 2.05) is 0 Å². The topological polar surface area (TPSA) is 33.4 Å². The zero-order valence-electron chi connectivity index (χ0n) is 10.5. The van der Waals surface area contributed by atoms with Crippen LogP contribution < -0.4 is 0 Å². The molecule has 1 N–H and O–H groups in total. The molecule has 0 spiro atoms. The maximum atomic E-state index is 13.5.